The van der Waals surface area contributed by atoms with Gasteiger partial charge in [-0.1, -0.05) is 24.2 Å². The fourth-order valence-corrected chi connectivity index (χ4v) is 2.61. The summed E-state index contributed by atoms with van der Waals surface area (Å²) >= 11 is 0. The molecule has 0 radical (unpaired) electrons. The second-order valence-corrected chi connectivity index (χ2v) is 5.76. The fourth-order valence-electron chi connectivity index (χ4n) is 2.61. The van der Waals surface area contributed by atoms with E-state index in [1.165, 1.54) is 0 Å². The van der Waals surface area contributed by atoms with Gasteiger partial charge in [0, 0.05) is 29.3 Å². The van der Waals surface area contributed by atoms with Gasteiger partial charge < -0.3 is 19.3 Å². The number of nitrogens with zero attached hydrogens (tertiary/aromatic N) is 2. The lowest BCUT2D eigenvalue weighted by Crippen LogP contribution is -2.16. The lowest BCUT2D eigenvalue weighted by atomic mass is 10.1. The number of carbonyl (C=O) groups is 1. The molecule has 1 aliphatic heterocycles. The molecule has 0 aliphatic carbocycles. The van der Waals surface area contributed by atoms with Gasteiger partial charge in [-0.15, -0.1) is 0 Å². The smallest absolute Gasteiger partial charge is 0.255 e. The molecule has 0 saturated carbocycles. The third-order valence-corrected chi connectivity index (χ3v) is 3.98. The van der Waals surface area contributed by atoms with E-state index < -0.39 is 0 Å². The Morgan fingerprint density at radius 1 is 1.08 bits per heavy atom. The maximum absolute atomic E-state index is 12.4. The van der Waals surface area contributed by atoms with Gasteiger partial charge in [0.1, 0.15) is 13.2 Å². The van der Waals surface area contributed by atoms with Crippen LogP contribution in [0.25, 0.3) is 11.4 Å². The van der Waals surface area contributed by atoms with Gasteiger partial charge in [-0.25, -0.2) is 0 Å². The standard InChI is InChI=1S/C19H17N3O4/c1-2-17-21-18(22-26-17)12-3-5-13(6-4-12)19(23)20-14-7-8-15-16(11-14)25-10-9-24-15/h3-8,11H,2,9-10H2,1H3,(H,20,23). The van der Waals surface area contributed by atoms with E-state index in [4.69, 9.17) is 14.0 Å². The number of ether oxygens (including phenoxy) is 2. The van der Waals surface area contributed by atoms with Crippen molar-refractivity contribution < 1.29 is 18.8 Å². The summed E-state index contributed by atoms with van der Waals surface area (Å²) in [4.78, 5) is 16.7. The van der Waals surface area contributed by atoms with Crippen LogP contribution < -0.4 is 14.8 Å². The maximum atomic E-state index is 12.4. The van der Waals surface area contributed by atoms with Crippen molar-refractivity contribution in [2.75, 3.05) is 18.5 Å². The zero-order valence-electron chi connectivity index (χ0n) is 14.2. The lowest BCUT2D eigenvalue weighted by molar-refractivity contribution is 0.102. The minimum atomic E-state index is -0.212. The second-order valence-electron chi connectivity index (χ2n) is 5.76. The van der Waals surface area contributed by atoms with Crippen LogP contribution in [0.3, 0.4) is 0 Å². The number of aromatic nitrogens is 2. The van der Waals surface area contributed by atoms with Gasteiger partial charge in [-0.2, -0.15) is 4.98 Å². The van der Waals surface area contributed by atoms with Crippen molar-refractivity contribution in [2.45, 2.75) is 13.3 Å². The van der Waals surface area contributed by atoms with Crippen molar-refractivity contribution in [1.29, 1.82) is 0 Å². The summed E-state index contributed by atoms with van der Waals surface area (Å²) in [7, 11) is 0. The number of carbonyl (C=O) groups excluding carboxylic acids is 1. The number of anilines is 1. The molecular weight excluding hydrogens is 334 g/mol. The van der Waals surface area contributed by atoms with Crippen LogP contribution in [-0.4, -0.2) is 29.3 Å². The van der Waals surface area contributed by atoms with Gasteiger partial charge in [0.05, 0.1) is 0 Å². The largest absolute Gasteiger partial charge is 0.486 e. The van der Waals surface area contributed by atoms with Gasteiger partial charge in [0.15, 0.2) is 11.5 Å². The molecule has 1 aromatic heterocycles. The van der Waals surface area contributed by atoms with Gasteiger partial charge in [-0.3, -0.25) is 4.79 Å². The number of fused-ring (bicyclic) bond motifs is 1. The zero-order chi connectivity index (χ0) is 17.9. The summed E-state index contributed by atoms with van der Waals surface area (Å²) in [5, 5.41) is 6.78. The van der Waals surface area contributed by atoms with E-state index in [1.54, 1.807) is 42.5 Å². The number of hydrogen-bond acceptors (Lipinski definition) is 6. The monoisotopic (exact) mass is 351 g/mol. The highest BCUT2D eigenvalue weighted by Gasteiger charge is 2.14. The van der Waals surface area contributed by atoms with Crippen LogP contribution in [-0.2, 0) is 6.42 Å². The Balaban J connectivity index is 1.48. The molecule has 1 aliphatic rings. The van der Waals surface area contributed by atoms with Crippen LogP contribution in [0.15, 0.2) is 47.0 Å². The highest BCUT2D eigenvalue weighted by atomic mass is 16.6. The maximum Gasteiger partial charge on any atom is 0.255 e. The molecular formula is C19H17N3O4. The van der Waals surface area contributed by atoms with E-state index >= 15 is 0 Å². The highest BCUT2D eigenvalue weighted by Crippen LogP contribution is 2.32. The van der Waals surface area contributed by atoms with Crippen molar-refractivity contribution >= 4 is 11.6 Å². The van der Waals surface area contributed by atoms with Crippen molar-refractivity contribution in [3.05, 3.63) is 53.9 Å². The van der Waals surface area contributed by atoms with Crippen LogP contribution >= 0.6 is 0 Å². The average molecular weight is 351 g/mol. The number of nitrogens with one attached hydrogen (secondary N) is 1. The molecule has 0 fully saturated rings. The fraction of sp³-hybridized carbons (Fsp3) is 0.211. The van der Waals surface area contributed by atoms with Crippen LogP contribution in [0.1, 0.15) is 23.2 Å². The number of benzene rings is 2. The Hall–Kier alpha value is -3.35. The molecule has 3 aromatic rings. The molecule has 4 rings (SSSR count). The van der Waals surface area contributed by atoms with E-state index in [9.17, 15) is 4.79 Å². The Bertz CT molecular complexity index is 934. The number of amides is 1. The summed E-state index contributed by atoms with van der Waals surface area (Å²) in [6.07, 6.45) is 0.684. The molecule has 2 heterocycles. The molecule has 0 spiro atoms. The molecule has 0 bridgehead atoms. The average Bonchev–Trinajstić information content (AvgIpc) is 3.17. The summed E-state index contributed by atoms with van der Waals surface area (Å²) in [6, 6.07) is 12.4. The molecule has 0 saturated heterocycles. The van der Waals surface area contributed by atoms with E-state index in [1.807, 2.05) is 6.92 Å². The number of aryl methyl sites for hydroxylation is 1. The third-order valence-electron chi connectivity index (χ3n) is 3.98. The van der Waals surface area contributed by atoms with Crippen molar-refractivity contribution in [1.82, 2.24) is 10.1 Å². The minimum Gasteiger partial charge on any atom is -0.486 e. The lowest BCUT2D eigenvalue weighted by Gasteiger charge is -2.19. The van der Waals surface area contributed by atoms with Crippen molar-refractivity contribution in [3.63, 3.8) is 0 Å². The topological polar surface area (TPSA) is 86.5 Å². The van der Waals surface area contributed by atoms with E-state index in [2.05, 4.69) is 15.5 Å². The summed E-state index contributed by atoms with van der Waals surface area (Å²) in [5.41, 5.74) is 1.97. The minimum absolute atomic E-state index is 0.212. The van der Waals surface area contributed by atoms with Crippen LogP contribution in [0.5, 0.6) is 11.5 Å². The Morgan fingerprint density at radius 3 is 2.58 bits per heavy atom. The molecule has 26 heavy (non-hydrogen) atoms. The Labute approximate surface area is 149 Å². The van der Waals surface area contributed by atoms with E-state index in [-0.39, 0.29) is 5.91 Å². The number of hydrogen-bond donors (Lipinski definition) is 1. The van der Waals surface area contributed by atoms with Gasteiger partial charge >= 0.3 is 0 Å². The van der Waals surface area contributed by atoms with Crippen LogP contribution in [0.2, 0.25) is 0 Å². The predicted octanol–water partition coefficient (Wildman–Crippen LogP) is 3.32. The Morgan fingerprint density at radius 2 is 1.85 bits per heavy atom. The summed E-state index contributed by atoms with van der Waals surface area (Å²) in [6.45, 7) is 2.98. The summed E-state index contributed by atoms with van der Waals surface area (Å²) in [5.74, 6) is 2.20. The molecule has 132 valence electrons. The first-order valence-electron chi connectivity index (χ1n) is 8.37. The molecule has 2 aromatic carbocycles. The van der Waals surface area contributed by atoms with Crippen molar-refractivity contribution in [2.24, 2.45) is 0 Å². The van der Waals surface area contributed by atoms with Gasteiger partial charge in [-0.05, 0) is 24.3 Å². The highest BCUT2D eigenvalue weighted by molar-refractivity contribution is 6.04. The molecule has 0 atom stereocenters. The van der Waals surface area contributed by atoms with Crippen LogP contribution in [0.4, 0.5) is 5.69 Å². The molecule has 7 heteroatoms. The SMILES string of the molecule is CCc1nc(-c2ccc(C(=O)Nc3ccc4c(c3)OCCO4)cc2)no1. The molecule has 0 unspecified atom stereocenters. The second kappa shape index (κ2) is 6.87. The third kappa shape index (κ3) is 3.23. The van der Waals surface area contributed by atoms with Crippen LogP contribution in [0, 0.1) is 0 Å². The number of rotatable bonds is 4. The zero-order valence-corrected chi connectivity index (χ0v) is 14.2. The quantitative estimate of drug-likeness (QED) is 0.776. The molecule has 1 amide bonds. The van der Waals surface area contributed by atoms with E-state index in [0.717, 1.165) is 5.56 Å². The first kappa shape index (κ1) is 16.1. The van der Waals surface area contributed by atoms with E-state index in [0.29, 0.717) is 54.1 Å². The first-order valence-corrected chi connectivity index (χ1v) is 8.37. The Kier molecular flexibility index (Phi) is 4.27. The predicted molar refractivity (Wildman–Crippen MR) is 94.5 cm³/mol. The van der Waals surface area contributed by atoms with Gasteiger partial charge in [0.2, 0.25) is 11.7 Å². The van der Waals surface area contributed by atoms with Crippen molar-refractivity contribution in [3.8, 4) is 22.9 Å². The first-order chi connectivity index (χ1) is 12.7. The summed E-state index contributed by atoms with van der Waals surface area (Å²) < 4.78 is 16.1. The molecule has 1 N–H and O–H groups in total. The van der Waals surface area contributed by atoms with Gasteiger partial charge in [0.25, 0.3) is 5.91 Å². The molecule has 7 nitrogen and oxygen atoms in total. The normalized spacial score (nSPS) is 12.7.